The topological polar surface area (TPSA) is 63.8 Å². The summed E-state index contributed by atoms with van der Waals surface area (Å²) in [4.78, 5) is 8.40. The lowest BCUT2D eigenvalue weighted by Gasteiger charge is -2.02. The molecule has 5 heteroatoms. The minimum atomic E-state index is 0.0601. The van der Waals surface area contributed by atoms with Crippen LogP contribution in [0, 0.1) is 0 Å². The van der Waals surface area contributed by atoms with Gasteiger partial charge in [0.15, 0.2) is 5.65 Å². The second-order valence-corrected chi connectivity index (χ2v) is 3.96. The van der Waals surface area contributed by atoms with Crippen LogP contribution in [0.3, 0.4) is 0 Å². The molecular formula is C13H12N4O. The number of hydrogen-bond acceptors (Lipinski definition) is 4. The third-order valence-electron chi connectivity index (χ3n) is 2.80. The number of aromatic nitrogens is 4. The first-order chi connectivity index (χ1) is 8.88. The fourth-order valence-corrected chi connectivity index (χ4v) is 1.93. The Labute approximate surface area is 104 Å². The number of aliphatic hydroxyl groups excluding tert-OH is 1. The van der Waals surface area contributed by atoms with Crippen LogP contribution in [0.5, 0.6) is 0 Å². The van der Waals surface area contributed by atoms with Crippen molar-refractivity contribution in [2.75, 3.05) is 6.61 Å². The van der Waals surface area contributed by atoms with Crippen LogP contribution in [-0.2, 0) is 6.54 Å². The Morgan fingerprint density at radius 2 is 1.94 bits per heavy atom. The average Bonchev–Trinajstić information content (AvgIpc) is 2.83. The lowest BCUT2D eigenvalue weighted by molar-refractivity contribution is 0.271. The van der Waals surface area contributed by atoms with Gasteiger partial charge in [-0.05, 0) is 23.8 Å². The molecule has 3 rings (SSSR count). The Hall–Kier alpha value is -2.27. The maximum Gasteiger partial charge on any atom is 0.157 e. The smallest absolute Gasteiger partial charge is 0.157 e. The van der Waals surface area contributed by atoms with Gasteiger partial charge in [0.05, 0.1) is 19.3 Å². The molecule has 0 saturated heterocycles. The van der Waals surface area contributed by atoms with Crippen molar-refractivity contribution in [3.05, 3.63) is 43.0 Å². The van der Waals surface area contributed by atoms with E-state index in [2.05, 4.69) is 15.1 Å². The van der Waals surface area contributed by atoms with E-state index >= 15 is 0 Å². The second-order valence-electron chi connectivity index (χ2n) is 3.96. The lowest BCUT2D eigenvalue weighted by atomic mass is 10.1. The van der Waals surface area contributed by atoms with Crippen LogP contribution in [0.15, 0.2) is 43.0 Å². The van der Waals surface area contributed by atoms with Crippen LogP contribution in [0.2, 0.25) is 0 Å². The Morgan fingerprint density at radius 3 is 2.72 bits per heavy atom. The van der Waals surface area contributed by atoms with Gasteiger partial charge in [-0.1, -0.05) is 0 Å². The standard InChI is InChI=1S/C13H12N4O/c18-6-5-17-13-12(9-16-17)7-11(8-15-13)10-1-3-14-4-2-10/h1-4,7-9,18H,5-6H2. The summed E-state index contributed by atoms with van der Waals surface area (Å²) in [6.07, 6.45) is 7.10. The molecule has 3 aromatic rings. The van der Waals surface area contributed by atoms with E-state index in [0.29, 0.717) is 6.54 Å². The Kier molecular flexibility index (Phi) is 2.74. The Bertz CT molecular complexity index is 663. The maximum absolute atomic E-state index is 8.93. The van der Waals surface area contributed by atoms with Gasteiger partial charge in [-0.25, -0.2) is 9.67 Å². The van der Waals surface area contributed by atoms with E-state index in [4.69, 9.17) is 5.11 Å². The molecule has 0 aromatic carbocycles. The molecule has 0 amide bonds. The number of aliphatic hydroxyl groups is 1. The summed E-state index contributed by atoms with van der Waals surface area (Å²) in [6.45, 7) is 0.523. The normalized spacial score (nSPS) is 10.9. The molecule has 90 valence electrons. The molecule has 0 aliphatic carbocycles. The second kappa shape index (κ2) is 4.54. The monoisotopic (exact) mass is 240 g/mol. The summed E-state index contributed by atoms with van der Waals surface area (Å²) in [7, 11) is 0. The van der Waals surface area contributed by atoms with Gasteiger partial charge >= 0.3 is 0 Å². The van der Waals surface area contributed by atoms with Crippen LogP contribution in [-0.4, -0.2) is 31.5 Å². The molecule has 0 bridgehead atoms. The van der Waals surface area contributed by atoms with Crippen molar-refractivity contribution in [2.24, 2.45) is 0 Å². The number of rotatable bonds is 3. The fraction of sp³-hybridized carbons (Fsp3) is 0.154. The van der Waals surface area contributed by atoms with Crippen LogP contribution in [0.25, 0.3) is 22.2 Å². The first-order valence-electron chi connectivity index (χ1n) is 5.71. The fourth-order valence-electron chi connectivity index (χ4n) is 1.93. The highest BCUT2D eigenvalue weighted by Crippen LogP contribution is 2.21. The third kappa shape index (κ3) is 1.84. The molecular weight excluding hydrogens is 228 g/mol. The van der Waals surface area contributed by atoms with Crippen molar-refractivity contribution in [2.45, 2.75) is 6.54 Å². The summed E-state index contributed by atoms with van der Waals surface area (Å²) in [6, 6.07) is 5.93. The maximum atomic E-state index is 8.93. The van der Waals surface area contributed by atoms with E-state index in [1.54, 1.807) is 23.3 Å². The van der Waals surface area contributed by atoms with E-state index in [1.807, 2.05) is 24.4 Å². The van der Waals surface area contributed by atoms with Gasteiger partial charge in [0, 0.05) is 29.5 Å². The zero-order valence-electron chi connectivity index (χ0n) is 9.69. The van der Waals surface area contributed by atoms with Crippen LogP contribution < -0.4 is 0 Å². The lowest BCUT2D eigenvalue weighted by Crippen LogP contribution is -2.04. The largest absolute Gasteiger partial charge is 0.394 e. The first-order valence-corrected chi connectivity index (χ1v) is 5.71. The van der Waals surface area contributed by atoms with Crippen molar-refractivity contribution in [3.8, 4) is 11.1 Å². The third-order valence-corrected chi connectivity index (χ3v) is 2.80. The summed E-state index contributed by atoms with van der Waals surface area (Å²) >= 11 is 0. The van der Waals surface area contributed by atoms with Gasteiger partial charge in [-0.2, -0.15) is 5.10 Å². The number of pyridine rings is 2. The average molecular weight is 240 g/mol. The predicted octanol–water partition coefficient (Wildman–Crippen LogP) is 1.49. The van der Waals surface area contributed by atoms with Gasteiger partial charge in [-0.3, -0.25) is 4.98 Å². The van der Waals surface area contributed by atoms with Crippen LogP contribution in [0.4, 0.5) is 0 Å². The molecule has 0 aliphatic heterocycles. The van der Waals surface area contributed by atoms with Crippen molar-refractivity contribution >= 4 is 11.0 Å². The highest BCUT2D eigenvalue weighted by atomic mass is 16.3. The molecule has 0 spiro atoms. The molecule has 0 aliphatic rings. The van der Waals surface area contributed by atoms with E-state index in [-0.39, 0.29) is 6.61 Å². The summed E-state index contributed by atoms with van der Waals surface area (Å²) in [5.41, 5.74) is 2.91. The van der Waals surface area contributed by atoms with E-state index < -0.39 is 0 Å². The van der Waals surface area contributed by atoms with E-state index in [9.17, 15) is 0 Å². The van der Waals surface area contributed by atoms with Gasteiger partial charge in [0.25, 0.3) is 0 Å². The van der Waals surface area contributed by atoms with Gasteiger partial charge < -0.3 is 5.11 Å². The molecule has 3 aromatic heterocycles. The zero-order valence-corrected chi connectivity index (χ0v) is 9.69. The summed E-state index contributed by atoms with van der Waals surface area (Å²) in [5.74, 6) is 0. The molecule has 0 saturated carbocycles. The van der Waals surface area contributed by atoms with E-state index in [1.165, 1.54) is 0 Å². The van der Waals surface area contributed by atoms with Gasteiger partial charge in [-0.15, -0.1) is 0 Å². The summed E-state index contributed by atoms with van der Waals surface area (Å²) < 4.78 is 1.70. The highest BCUT2D eigenvalue weighted by Gasteiger charge is 2.05. The number of fused-ring (bicyclic) bond motifs is 1. The Morgan fingerprint density at radius 1 is 1.11 bits per heavy atom. The summed E-state index contributed by atoms with van der Waals surface area (Å²) in [5, 5.41) is 14.1. The molecule has 3 heterocycles. The van der Waals surface area contributed by atoms with Gasteiger partial charge in [0.2, 0.25) is 0 Å². The molecule has 5 nitrogen and oxygen atoms in total. The first kappa shape index (κ1) is 10.9. The Balaban J connectivity index is 2.07. The van der Waals surface area contributed by atoms with Gasteiger partial charge in [0.1, 0.15) is 0 Å². The number of nitrogens with zero attached hydrogens (tertiary/aromatic N) is 4. The molecule has 0 atom stereocenters. The quantitative estimate of drug-likeness (QED) is 0.753. The highest BCUT2D eigenvalue weighted by molar-refractivity contribution is 5.80. The van der Waals surface area contributed by atoms with Crippen molar-refractivity contribution < 1.29 is 5.11 Å². The molecule has 1 N–H and O–H groups in total. The van der Waals surface area contributed by atoms with Crippen molar-refractivity contribution in [1.82, 2.24) is 19.7 Å². The predicted molar refractivity (Wildman–Crippen MR) is 67.8 cm³/mol. The molecule has 0 fully saturated rings. The molecule has 0 radical (unpaired) electrons. The molecule has 18 heavy (non-hydrogen) atoms. The molecule has 0 unspecified atom stereocenters. The van der Waals surface area contributed by atoms with Crippen molar-refractivity contribution in [1.29, 1.82) is 0 Å². The van der Waals surface area contributed by atoms with Crippen LogP contribution >= 0.6 is 0 Å². The van der Waals surface area contributed by atoms with E-state index in [0.717, 1.165) is 22.2 Å². The zero-order chi connectivity index (χ0) is 12.4. The minimum Gasteiger partial charge on any atom is -0.394 e. The minimum absolute atomic E-state index is 0.0601. The SMILES string of the molecule is OCCn1ncc2cc(-c3ccncc3)cnc21. The van der Waals surface area contributed by atoms with Crippen molar-refractivity contribution in [3.63, 3.8) is 0 Å². The number of hydrogen-bond donors (Lipinski definition) is 1. The van der Waals surface area contributed by atoms with Crippen LogP contribution in [0.1, 0.15) is 0 Å².